The summed E-state index contributed by atoms with van der Waals surface area (Å²) in [5.74, 6) is 3.38. The summed E-state index contributed by atoms with van der Waals surface area (Å²) >= 11 is 1.77. The number of guanidine groups is 1. The molecule has 3 aromatic rings. The van der Waals surface area contributed by atoms with E-state index in [0.717, 1.165) is 36.4 Å². The lowest BCUT2D eigenvalue weighted by molar-refractivity contribution is 0.447. The Morgan fingerprint density at radius 1 is 1.30 bits per heavy atom. The minimum absolute atomic E-state index is 0.460. The predicted molar refractivity (Wildman–Crippen MR) is 105 cm³/mol. The maximum absolute atomic E-state index is 4.75. The monoisotopic (exact) mass is 387 g/mol. The Hall–Kier alpha value is -2.75. The third kappa shape index (κ3) is 4.91. The number of hydrogen-bond donors (Lipinski definition) is 1. The number of aromatic nitrogens is 6. The topological polar surface area (TPSA) is 89.1 Å². The Morgan fingerprint density at radius 3 is 2.78 bits per heavy atom. The average Bonchev–Trinajstić information content (AvgIpc) is 3.37. The highest BCUT2D eigenvalue weighted by atomic mass is 32.1. The van der Waals surface area contributed by atoms with Crippen LogP contribution in [0.25, 0.3) is 0 Å². The second-order valence-electron chi connectivity index (χ2n) is 6.27. The molecule has 3 rings (SSSR count). The third-order valence-electron chi connectivity index (χ3n) is 4.33. The number of hydrogen-bond acceptors (Lipinski definition) is 6. The van der Waals surface area contributed by atoms with Gasteiger partial charge in [-0.25, -0.2) is 9.98 Å². The first kappa shape index (κ1) is 19.0. The van der Waals surface area contributed by atoms with Gasteiger partial charge in [-0.3, -0.25) is 4.68 Å². The van der Waals surface area contributed by atoms with Gasteiger partial charge in [0.15, 0.2) is 11.8 Å². The summed E-state index contributed by atoms with van der Waals surface area (Å²) in [6.07, 6.45) is 2.52. The summed E-state index contributed by atoms with van der Waals surface area (Å²) in [6.45, 7) is 3.81. The molecule has 0 aliphatic heterocycles. The van der Waals surface area contributed by atoms with Gasteiger partial charge in [0.25, 0.3) is 0 Å². The van der Waals surface area contributed by atoms with E-state index in [1.807, 2.05) is 37.5 Å². The summed E-state index contributed by atoms with van der Waals surface area (Å²) in [6, 6.07) is 4.22. The van der Waals surface area contributed by atoms with Crippen LogP contribution in [0.3, 0.4) is 0 Å². The van der Waals surface area contributed by atoms with Crippen LogP contribution in [0.5, 0.6) is 0 Å². The molecule has 0 unspecified atom stereocenters. The fourth-order valence-corrected chi connectivity index (χ4v) is 3.26. The minimum Gasteiger partial charge on any atom is -0.356 e. The lowest BCUT2D eigenvalue weighted by atomic mass is 10.3. The van der Waals surface area contributed by atoms with Gasteiger partial charge in [0.2, 0.25) is 0 Å². The van der Waals surface area contributed by atoms with Gasteiger partial charge in [0.05, 0.1) is 6.54 Å². The van der Waals surface area contributed by atoms with Gasteiger partial charge < -0.3 is 14.8 Å². The molecule has 27 heavy (non-hydrogen) atoms. The van der Waals surface area contributed by atoms with E-state index < -0.39 is 0 Å². The molecule has 0 atom stereocenters. The van der Waals surface area contributed by atoms with Crippen LogP contribution in [0.4, 0.5) is 0 Å². The van der Waals surface area contributed by atoms with E-state index in [9.17, 15) is 0 Å². The molecule has 10 heteroatoms. The molecule has 0 aliphatic rings. The second kappa shape index (κ2) is 8.76. The molecule has 1 N–H and O–H groups in total. The van der Waals surface area contributed by atoms with Crippen LogP contribution in [-0.2, 0) is 33.6 Å². The van der Waals surface area contributed by atoms with Gasteiger partial charge in [-0.05, 0) is 24.8 Å². The van der Waals surface area contributed by atoms with E-state index in [-0.39, 0.29) is 0 Å². The van der Waals surface area contributed by atoms with E-state index in [4.69, 9.17) is 4.99 Å². The fraction of sp³-hybridized carbons (Fsp3) is 0.471. The normalized spacial score (nSPS) is 11.8. The first-order valence-corrected chi connectivity index (χ1v) is 9.62. The molecule has 9 nitrogen and oxygen atoms in total. The number of aliphatic imine (C=N–C) groups is 1. The highest BCUT2D eigenvalue weighted by Gasteiger charge is 2.12. The first-order chi connectivity index (χ1) is 13.0. The molecular weight excluding hydrogens is 362 g/mol. The van der Waals surface area contributed by atoms with Gasteiger partial charge in [-0.2, -0.15) is 5.10 Å². The Kier molecular flexibility index (Phi) is 6.17. The highest BCUT2D eigenvalue weighted by molar-refractivity contribution is 7.09. The van der Waals surface area contributed by atoms with Gasteiger partial charge in [0.1, 0.15) is 24.5 Å². The van der Waals surface area contributed by atoms with Crippen LogP contribution in [0.2, 0.25) is 0 Å². The maximum atomic E-state index is 4.75. The van der Waals surface area contributed by atoms with E-state index in [2.05, 4.69) is 43.1 Å². The van der Waals surface area contributed by atoms with Crippen molar-refractivity contribution in [1.82, 2.24) is 39.7 Å². The zero-order valence-electron chi connectivity index (χ0n) is 16.1. The zero-order valence-corrected chi connectivity index (χ0v) is 16.9. The molecule has 0 bridgehead atoms. The predicted octanol–water partition coefficient (Wildman–Crippen LogP) is 1.13. The van der Waals surface area contributed by atoms with Crippen molar-refractivity contribution in [3.63, 3.8) is 0 Å². The smallest absolute Gasteiger partial charge is 0.194 e. The van der Waals surface area contributed by atoms with Crippen LogP contribution in [0.1, 0.15) is 22.4 Å². The van der Waals surface area contributed by atoms with Crippen molar-refractivity contribution in [1.29, 1.82) is 0 Å². The molecule has 3 aromatic heterocycles. The second-order valence-corrected chi connectivity index (χ2v) is 7.31. The van der Waals surface area contributed by atoms with Crippen LogP contribution in [0.15, 0.2) is 28.8 Å². The maximum Gasteiger partial charge on any atom is 0.194 e. The SMILES string of the molecule is Cc1nnc(CN=C(NCCc2cccs2)N(C)Cc2ncnn2C)n1C. The highest BCUT2D eigenvalue weighted by Crippen LogP contribution is 2.08. The van der Waals surface area contributed by atoms with E-state index >= 15 is 0 Å². The third-order valence-corrected chi connectivity index (χ3v) is 5.27. The molecule has 0 aliphatic carbocycles. The van der Waals surface area contributed by atoms with Crippen molar-refractivity contribution >= 4 is 17.3 Å². The Morgan fingerprint density at radius 2 is 2.15 bits per heavy atom. The van der Waals surface area contributed by atoms with Crippen molar-refractivity contribution in [3.05, 3.63) is 46.2 Å². The minimum atomic E-state index is 0.460. The van der Waals surface area contributed by atoms with Gasteiger partial charge in [0, 0.05) is 32.6 Å². The number of nitrogens with one attached hydrogen (secondary N) is 1. The van der Waals surface area contributed by atoms with Crippen molar-refractivity contribution in [2.75, 3.05) is 13.6 Å². The summed E-state index contributed by atoms with van der Waals surface area (Å²) in [5.41, 5.74) is 0. The number of thiophene rings is 1. The van der Waals surface area contributed by atoms with Gasteiger partial charge in [-0.1, -0.05) is 6.07 Å². The summed E-state index contributed by atoms with van der Waals surface area (Å²) in [7, 11) is 5.83. The van der Waals surface area contributed by atoms with E-state index in [0.29, 0.717) is 13.1 Å². The molecule has 144 valence electrons. The Bertz CT molecular complexity index is 878. The summed E-state index contributed by atoms with van der Waals surface area (Å²) < 4.78 is 3.72. The quantitative estimate of drug-likeness (QED) is 0.483. The van der Waals surface area contributed by atoms with Crippen molar-refractivity contribution in [3.8, 4) is 0 Å². The molecule has 0 spiro atoms. The molecule has 0 amide bonds. The van der Waals surface area contributed by atoms with Gasteiger partial charge in [-0.15, -0.1) is 21.5 Å². The van der Waals surface area contributed by atoms with Crippen LogP contribution in [-0.4, -0.2) is 54.0 Å². The summed E-state index contributed by atoms with van der Waals surface area (Å²) in [5, 5.41) is 18.0. The molecule has 0 saturated carbocycles. The standard InChI is InChI=1S/C17H25N9S/c1-13-22-23-15(25(13)3)10-19-17(18-8-7-14-6-5-9-27-14)24(2)11-16-20-12-21-26(16)4/h5-6,9,12H,7-8,10-11H2,1-4H3,(H,18,19). The van der Waals surface area contributed by atoms with Gasteiger partial charge >= 0.3 is 0 Å². The van der Waals surface area contributed by atoms with Crippen LogP contribution < -0.4 is 5.32 Å². The number of rotatable bonds is 7. The van der Waals surface area contributed by atoms with E-state index in [1.54, 1.807) is 22.3 Å². The molecule has 0 aromatic carbocycles. The molecule has 0 fully saturated rings. The molecular formula is C17H25N9S. The average molecular weight is 388 g/mol. The number of nitrogens with zero attached hydrogens (tertiary/aromatic N) is 8. The van der Waals surface area contributed by atoms with E-state index in [1.165, 1.54) is 4.88 Å². The fourth-order valence-electron chi connectivity index (χ4n) is 2.55. The summed E-state index contributed by atoms with van der Waals surface area (Å²) in [4.78, 5) is 12.4. The van der Waals surface area contributed by atoms with Crippen molar-refractivity contribution < 1.29 is 0 Å². The Labute approximate surface area is 162 Å². The lowest BCUT2D eigenvalue weighted by Crippen LogP contribution is -2.40. The largest absolute Gasteiger partial charge is 0.356 e. The first-order valence-electron chi connectivity index (χ1n) is 8.74. The van der Waals surface area contributed by atoms with Crippen molar-refractivity contribution in [2.45, 2.75) is 26.4 Å². The van der Waals surface area contributed by atoms with Crippen molar-refractivity contribution in [2.24, 2.45) is 19.1 Å². The van der Waals surface area contributed by atoms with Crippen LogP contribution in [0, 0.1) is 6.92 Å². The molecule has 0 saturated heterocycles. The molecule has 3 heterocycles. The number of aryl methyl sites for hydroxylation is 2. The lowest BCUT2D eigenvalue weighted by Gasteiger charge is -2.22. The Balaban J connectivity index is 1.69. The van der Waals surface area contributed by atoms with Crippen LogP contribution >= 0.6 is 11.3 Å². The zero-order chi connectivity index (χ0) is 19.2. The molecule has 0 radical (unpaired) electrons.